The molecule has 2 rings (SSSR count). The van der Waals surface area contributed by atoms with Crippen LogP contribution in [0.5, 0.6) is 0 Å². The van der Waals surface area contributed by atoms with E-state index in [9.17, 15) is 0 Å². The molecule has 0 radical (unpaired) electrons. The number of hydrogen-bond donors (Lipinski definition) is 0. The third-order valence-corrected chi connectivity index (χ3v) is 3.09. The molecule has 0 heterocycles. The van der Waals surface area contributed by atoms with Gasteiger partial charge >= 0.3 is 0 Å². The van der Waals surface area contributed by atoms with Crippen molar-refractivity contribution < 1.29 is 0 Å². The predicted octanol–water partition coefficient (Wildman–Crippen LogP) is 4.55. The van der Waals surface area contributed by atoms with Gasteiger partial charge in [0.25, 0.3) is 0 Å². The first-order valence-electron chi connectivity index (χ1n) is 5.46. The molecule has 0 atom stereocenters. The fourth-order valence-electron chi connectivity index (χ4n) is 1.76. The Morgan fingerprint density at radius 1 is 0.875 bits per heavy atom. The highest BCUT2D eigenvalue weighted by Gasteiger charge is 2.01. The van der Waals surface area contributed by atoms with Gasteiger partial charge in [-0.15, -0.1) is 0 Å². The van der Waals surface area contributed by atoms with E-state index in [0.717, 1.165) is 11.4 Å². The van der Waals surface area contributed by atoms with Gasteiger partial charge in [0.2, 0.25) is 0 Å². The van der Waals surface area contributed by atoms with E-state index in [4.69, 9.17) is 11.6 Å². The van der Waals surface area contributed by atoms with Crippen molar-refractivity contribution in [1.82, 2.24) is 0 Å². The molecule has 2 aromatic carbocycles. The van der Waals surface area contributed by atoms with Gasteiger partial charge in [0.15, 0.2) is 0 Å². The zero-order valence-electron chi connectivity index (χ0n) is 9.63. The summed E-state index contributed by atoms with van der Waals surface area (Å²) in [6.07, 6.45) is 0.904. The Bertz CT molecular complexity index is 483. The van der Waals surface area contributed by atoms with Crippen molar-refractivity contribution in [1.29, 1.82) is 0 Å². The highest BCUT2D eigenvalue weighted by Crippen LogP contribution is 2.20. The van der Waals surface area contributed by atoms with Gasteiger partial charge in [0, 0.05) is 5.02 Å². The van der Waals surface area contributed by atoms with E-state index in [0.29, 0.717) is 0 Å². The molecular weight excluding hydrogens is 216 g/mol. The van der Waals surface area contributed by atoms with Crippen LogP contribution in [-0.2, 0) is 6.42 Å². The van der Waals surface area contributed by atoms with E-state index in [2.05, 4.69) is 44.2 Å². The van der Waals surface area contributed by atoms with Crippen LogP contribution in [0.2, 0.25) is 5.02 Å². The van der Waals surface area contributed by atoms with E-state index in [1.807, 2.05) is 12.1 Å². The molecule has 2 aromatic rings. The average molecular weight is 231 g/mol. The van der Waals surface area contributed by atoms with Crippen LogP contribution in [-0.4, -0.2) is 0 Å². The lowest BCUT2D eigenvalue weighted by Gasteiger charge is -2.06. The van der Waals surface area contributed by atoms with Gasteiger partial charge in [-0.2, -0.15) is 0 Å². The summed E-state index contributed by atoms with van der Waals surface area (Å²) in [5, 5.41) is 0.853. The molecule has 0 aromatic heterocycles. The first-order chi connectivity index (χ1) is 7.65. The Hall–Kier alpha value is -1.27. The van der Waals surface area contributed by atoms with E-state index in [1.165, 1.54) is 22.3 Å². The van der Waals surface area contributed by atoms with Gasteiger partial charge in [-0.1, -0.05) is 59.1 Å². The largest absolute Gasteiger partial charge is 0.0840 e. The third kappa shape index (κ3) is 2.65. The zero-order chi connectivity index (χ0) is 11.5. The number of aryl methyl sites for hydroxylation is 2. The van der Waals surface area contributed by atoms with E-state index in [-0.39, 0.29) is 0 Å². The standard InChI is InChI=1S/C15H15Cl/c1-11-3-6-13(7-4-11)10-14-9-12(2)5-8-15(14)16/h3-9H,10H2,1-2H3. The van der Waals surface area contributed by atoms with Crippen LogP contribution in [0.15, 0.2) is 42.5 Å². The monoisotopic (exact) mass is 230 g/mol. The number of hydrogen-bond acceptors (Lipinski definition) is 0. The van der Waals surface area contributed by atoms with Crippen molar-refractivity contribution in [2.75, 3.05) is 0 Å². The maximum absolute atomic E-state index is 6.18. The summed E-state index contributed by atoms with van der Waals surface area (Å²) in [7, 11) is 0. The molecule has 82 valence electrons. The summed E-state index contributed by atoms with van der Waals surface area (Å²) in [5.74, 6) is 0. The Labute approximate surface area is 102 Å². The van der Waals surface area contributed by atoms with Crippen LogP contribution in [0, 0.1) is 13.8 Å². The Morgan fingerprint density at radius 3 is 2.19 bits per heavy atom. The summed E-state index contributed by atoms with van der Waals surface area (Å²) >= 11 is 6.18. The molecule has 0 saturated heterocycles. The molecule has 0 aliphatic heterocycles. The minimum atomic E-state index is 0.853. The molecule has 0 saturated carbocycles. The number of halogens is 1. The lowest BCUT2D eigenvalue weighted by atomic mass is 10.0. The van der Waals surface area contributed by atoms with Gasteiger partial charge in [-0.25, -0.2) is 0 Å². The molecule has 0 N–H and O–H groups in total. The topological polar surface area (TPSA) is 0 Å². The lowest BCUT2D eigenvalue weighted by Crippen LogP contribution is -1.90. The Morgan fingerprint density at radius 2 is 1.50 bits per heavy atom. The highest BCUT2D eigenvalue weighted by molar-refractivity contribution is 6.31. The van der Waals surface area contributed by atoms with Crippen LogP contribution < -0.4 is 0 Å². The predicted molar refractivity (Wildman–Crippen MR) is 70.2 cm³/mol. The van der Waals surface area contributed by atoms with E-state index >= 15 is 0 Å². The van der Waals surface area contributed by atoms with Crippen molar-refractivity contribution in [2.45, 2.75) is 20.3 Å². The molecule has 0 amide bonds. The first kappa shape index (κ1) is 11.2. The maximum Gasteiger partial charge on any atom is 0.0441 e. The molecule has 0 aliphatic carbocycles. The minimum absolute atomic E-state index is 0.853. The average Bonchev–Trinajstić information content (AvgIpc) is 2.27. The zero-order valence-corrected chi connectivity index (χ0v) is 10.4. The second-order valence-corrected chi connectivity index (χ2v) is 4.66. The SMILES string of the molecule is Cc1ccc(Cc2cc(C)ccc2Cl)cc1. The van der Waals surface area contributed by atoms with Crippen LogP contribution in [0.1, 0.15) is 22.3 Å². The minimum Gasteiger partial charge on any atom is -0.0840 e. The molecular formula is C15H15Cl. The second-order valence-electron chi connectivity index (χ2n) is 4.26. The lowest BCUT2D eigenvalue weighted by molar-refractivity contribution is 1.18. The quantitative estimate of drug-likeness (QED) is 0.710. The van der Waals surface area contributed by atoms with Gasteiger partial charge in [-0.05, 0) is 37.5 Å². The molecule has 0 fully saturated rings. The van der Waals surface area contributed by atoms with E-state index in [1.54, 1.807) is 0 Å². The first-order valence-corrected chi connectivity index (χ1v) is 5.83. The maximum atomic E-state index is 6.18. The summed E-state index contributed by atoms with van der Waals surface area (Å²) < 4.78 is 0. The summed E-state index contributed by atoms with van der Waals surface area (Å²) in [6.45, 7) is 4.19. The molecule has 0 spiro atoms. The molecule has 16 heavy (non-hydrogen) atoms. The fourth-order valence-corrected chi connectivity index (χ4v) is 1.95. The normalized spacial score (nSPS) is 10.4. The molecule has 1 heteroatoms. The molecule has 0 aliphatic rings. The van der Waals surface area contributed by atoms with Crippen LogP contribution in [0.4, 0.5) is 0 Å². The summed E-state index contributed by atoms with van der Waals surface area (Å²) in [6, 6.07) is 14.8. The molecule has 0 bridgehead atoms. The van der Waals surface area contributed by atoms with Crippen molar-refractivity contribution in [3.63, 3.8) is 0 Å². The van der Waals surface area contributed by atoms with Crippen LogP contribution >= 0.6 is 11.6 Å². The molecule has 0 nitrogen and oxygen atoms in total. The number of rotatable bonds is 2. The fraction of sp³-hybridized carbons (Fsp3) is 0.200. The highest BCUT2D eigenvalue weighted by atomic mass is 35.5. The van der Waals surface area contributed by atoms with E-state index < -0.39 is 0 Å². The Balaban J connectivity index is 2.26. The molecule has 0 unspecified atom stereocenters. The number of benzene rings is 2. The van der Waals surface area contributed by atoms with Crippen molar-refractivity contribution in [3.8, 4) is 0 Å². The van der Waals surface area contributed by atoms with Gasteiger partial charge < -0.3 is 0 Å². The Kier molecular flexibility index (Phi) is 3.31. The van der Waals surface area contributed by atoms with Gasteiger partial charge in [0.1, 0.15) is 0 Å². The third-order valence-electron chi connectivity index (χ3n) is 2.72. The van der Waals surface area contributed by atoms with Crippen molar-refractivity contribution >= 4 is 11.6 Å². The van der Waals surface area contributed by atoms with Crippen molar-refractivity contribution in [3.05, 3.63) is 69.7 Å². The van der Waals surface area contributed by atoms with Crippen LogP contribution in [0.3, 0.4) is 0 Å². The smallest absolute Gasteiger partial charge is 0.0441 e. The van der Waals surface area contributed by atoms with Crippen LogP contribution in [0.25, 0.3) is 0 Å². The van der Waals surface area contributed by atoms with Gasteiger partial charge in [-0.3, -0.25) is 0 Å². The summed E-state index contributed by atoms with van der Waals surface area (Å²) in [5.41, 5.74) is 5.05. The van der Waals surface area contributed by atoms with Crippen molar-refractivity contribution in [2.24, 2.45) is 0 Å². The summed E-state index contributed by atoms with van der Waals surface area (Å²) in [4.78, 5) is 0. The van der Waals surface area contributed by atoms with Gasteiger partial charge in [0.05, 0.1) is 0 Å². The second kappa shape index (κ2) is 4.71.